The van der Waals surface area contributed by atoms with Crippen LogP contribution in [0.2, 0.25) is 0 Å². The van der Waals surface area contributed by atoms with Crippen LogP contribution in [0.1, 0.15) is 6.92 Å². The molecule has 0 atom stereocenters. The minimum absolute atomic E-state index is 0.149. The Hall–Kier alpha value is -3.29. The van der Waals surface area contributed by atoms with Gasteiger partial charge in [-0.1, -0.05) is 18.2 Å². The van der Waals surface area contributed by atoms with Crippen LogP contribution in [0.15, 0.2) is 48.7 Å². The van der Waals surface area contributed by atoms with E-state index >= 15 is 0 Å². The Bertz CT molecular complexity index is 855. The molecule has 0 radical (unpaired) electrons. The van der Waals surface area contributed by atoms with E-state index in [2.05, 4.69) is 25.8 Å². The third kappa shape index (κ3) is 3.97. The van der Waals surface area contributed by atoms with Crippen molar-refractivity contribution in [3.05, 3.63) is 60.3 Å². The maximum atomic E-state index is 13.7. The predicted molar refractivity (Wildman–Crippen MR) is 90.4 cm³/mol. The number of anilines is 4. The van der Waals surface area contributed by atoms with Crippen molar-refractivity contribution in [1.29, 1.82) is 0 Å². The van der Waals surface area contributed by atoms with Gasteiger partial charge in [0.2, 0.25) is 5.95 Å². The van der Waals surface area contributed by atoms with Crippen molar-refractivity contribution in [2.75, 3.05) is 17.2 Å². The summed E-state index contributed by atoms with van der Waals surface area (Å²) in [6.45, 7) is 2.38. The van der Waals surface area contributed by atoms with E-state index in [1.54, 1.807) is 12.1 Å². The Morgan fingerprint density at radius 1 is 1.00 bits per heavy atom. The maximum absolute atomic E-state index is 13.7. The van der Waals surface area contributed by atoms with Gasteiger partial charge in [-0.15, -0.1) is 5.10 Å². The maximum Gasteiger partial charge on any atom is 0.249 e. The molecule has 0 spiro atoms. The van der Waals surface area contributed by atoms with Crippen LogP contribution in [0.4, 0.5) is 31.9 Å². The van der Waals surface area contributed by atoms with Gasteiger partial charge in [-0.3, -0.25) is 0 Å². The second-order valence-corrected chi connectivity index (χ2v) is 4.94. The zero-order valence-electron chi connectivity index (χ0n) is 13.3. The lowest BCUT2D eigenvalue weighted by Gasteiger charge is -2.12. The minimum atomic E-state index is -0.727. The molecule has 0 amide bonds. The first-order chi connectivity index (χ1) is 12.2. The van der Waals surface area contributed by atoms with E-state index in [-0.39, 0.29) is 17.5 Å². The van der Waals surface area contributed by atoms with Gasteiger partial charge in [0.1, 0.15) is 23.1 Å². The van der Waals surface area contributed by atoms with Crippen LogP contribution in [0.5, 0.6) is 5.75 Å². The van der Waals surface area contributed by atoms with E-state index in [1.807, 2.05) is 19.1 Å². The van der Waals surface area contributed by atoms with Gasteiger partial charge in [-0.2, -0.15) is 10.1 Å². The highest BCUT2D eigenvalue weighted by molar-refractivity contribution is 5.63. The van der Waals surface area contributed by atoms with Crippen molar-refractivity contribution in [2.45, 2.75) is 6.92 Å². The van der Waals surface area contributed by atoms with Crippen LogP contribution >= 0.6 is 0 Å². The summed E-state index contributed by atoms with van der Waals surface area (Å²) in [7, 11) is 0. The summed E-state index contributed by atoms with van der Waals surface area (Å²) in [5.74, 6) is -0.513. The van der Waals surface area contributed by atoms with Crippen molar-refractivity contribution in [3.8, 4) is 5.75 Å². The fourth-order valence-electron chi connectivity index (χ4n) is 2.13. The fourth-order valence-corrected chi connectivity index (χ4v) is 2.13. The number of hydrogen-bond donors (Lipinski definition) is 2. The smallest absolute Gasteiger partial charge is 0.249 e. The Morgan fingerprint density at radius 3 is 2.52 bits per heavy atom. The van der Waals surface area contributed by atoms with Gasteiger partial charge in [-0.05, 0) is 31.2 Å². The Labute approximate surface area is 142 Å². The third-order valence-corrected chi connectivity index (χ3v) is 3.21. The molecule has 3 aromatic rings. The lowest BCUT2D eigenvalue weighted by molar-refractivity contribution is 0.342. The van der Waals surface area contributed by atoms with Crippen molar-refractivity contribution >= 4 is 23.1 Å². The second-order valence-electron chi connectivity index (χ2n) is 4.94. The van der Waals surface area contributed by atoms with Crippen LogP contribution in [0, 0.1) is 11.6 Å². The highest BCUT2D eigenvalue weighted by atomic mass is 19.1. The van der Waals surface area contributed by atoms with E-state index in [4.69, 9.17) is 4.74 Å². The van der Waals surface area contributed by atoms with Crippen molar-refractivity contribution in [3.63, 3.8) is 0 Å². The summed E-state index contributed by atoms with van der Waals surface area (Å²) in [4.78, 5) is 4.16. The van der Waals surface area contributed by atoms with Crippen LogP contribution in [-0.4, -0.2) is 21.8 Å². The molecule has 2 N–H and O–H groups in total. The van der Waals surface area contributed by atoms with Crippen LogP contribution in [0.25, 0.3) is 0 Å². The molecule has 25 heavy (non-hydrogen) atoms. The molecule has 0 saturated carbocycles. The fraction of sp³-hybridized carbons (Fsp3) is 0.118. The number of rotatable bonds is 6. The molecule has 0 fully saturated rings. The van der Waals surface area contributed by atoms with Crippen LogP contribution in [-0.2, 0) is 0 Å². The molecule has 128 valence electrons. The summed E-state index contributed by atoms with van der Waals surface area (Å²) < 4.78 is 33.0. The lowest BCUT2D eigenvalue weighted by Crippen LogP contribution is -2.05. The zero-order valence-corrected chi connectivity index (χ0v) is 13.3. The molecule has 0 bridgehead atoms. The second kappa shape index (κ2) is 7.52. The van der Waals surface area contributed by atoms with E-state index in [9.17, 15) is 8.78 Å². The number of ether oxygens (including phenoxy) is 1. The molecule has 1 heterocycles. The highest BCUT2D eigenvalue weighted by Crippen LogP contribution is 2.27. The quantitative estimate of drug-likeness (QED) is 0.704. The van der Waals surface area contributed by atoms with Gasteiger partial charge < -0.3 is 15.4 Å². The number of nitrogens with zero attached hydrogens (tertiary/aromatic N) is 3. The summed E-state index contributed by atoms with van der Waals surface area (Å²) in [5, 5.41) is 13.2. The number of nitrogens with one attached hydrogen (secondary N) is 2. The van der Waals surface area contributed by atoms with Crippen LogP contribution < -0.4 is 15.4 Å². The van der Waals surface area contributed by atoms with E-state index in [0.717, 1.165) is 12.1 Å². The van der Waals surface area contributed by atoms with Gasteiger partial charge in [0.15, 0.2) is 5.82 Å². The Morgan fingerprint density at radius 2 is 1.76 bits per heavy atom. The number of aromatic nitrogens is 3. The van der Waals surface area contributed by atoms with E-state index < -0.39 is 11.6 Å². The summed E-state index contributed by atoms with van der Waals surface area (Å²) in [6, 6.07) is 10.9. The first kappa shape index (κ1) is 16.6. The SMILES string of the molecule is CCOc1ccccc1Nc1nncc(Nc2c(F)cccc2F)n1. The average Bonchev–Trinajstić information content (AvgIpc) is 2.61. The summed E-state index contributed by atoms with van der Waals surface area (Å²) in [5.41, 5.74) is 0.351. The Kier molecular flexibility index (Phi) is 4.98. The standard InChI is InChI=1S/C17H15F2N5O/c1-2-25-14-9-4-3-8-13(14)21-17-23-15(10-20-24-17)22-16-11(18)6-5-7-12(16)19/h3-10H,2H2,1H3,(H2,21,22,23,24). The Balaban J connectivity index is 1.83. The van der Waals surface area contributed by atoms with Crippen molar-refractivity contribution < 1.29 is 13.5 Å². The molecular weight excluding hydrogens is 328 g/mol. The van der Waals surface area contributed by atoms with Gasteiger partial charge in [0.25, 0.3) is 0 Å². The summed E-state index contributed by atoms with van der Waals surface area (Å²) >= 11 is 0. The first-order valence-corrected chi connectivity index (χ1v) is 7.57. The normalized spacial score (nSPS) is 10.4. The number of benzene rings is 2. The number of halogens is 2. The molecule has 6 nitrogen and oxygen atoms in total. The molecule has 0 aliphatic rings. The van der Waals surface area contributed by atoms with Gasteiger partial charge in [0, 0.05) is 0 Å². The summed E-state index contributed by atoms with van der Waals surface area (Å²) in [6.07, 6.45) is 1.27. The zero-order chi connectivity index (χ0) is 17.6. The molecule has 0 aliphatic heterocycles. The lowest BCUT2D eigenvalue weighted by atomic mass is 10.3. The average molecular weight is 343 g/mol. The molecule has 0 aliphatic carbocycles. The van der Waals surface area contributed by atoms with Crippen molar-refractivity contribution in [2.24, 2.45) is 0 Å². The monoisotopic (exact) mass is 343 g/mol. The van der Waals surface area contributed by atoms with Gasteiger partial charge in [-0.25, -0.2) is 8.78 Å². The first-order valence-electron chi connectivity index (χ1n) is 7.57. The molecule has 1 aromatic heterocycles. The van der Waals surface area contributed by atoms with Gasteiger partial charge >= 0.3 is 0 Å². The number of hydrogen-bond acceptors (Lipinski definition) is 6. The highest BCUT2D eigenvalue weighted by Gasteiger charge is 2.11. The molecule has 3 rings (SSSR count). The van der Waals surface area contributed by atoms with E-state index in [0.29, 0.717) is 18.0 Å². The largest absolute Gasteiger partial charge is 0.492 e. The van der Waals surface area contributed by atoms with Gasteiger partial charge in [0.05, 0.1) is 18.5 Å². The topological polar surface area (TPSA) is 72.0 Å². The molecule has 0 unspecified atom stereocenters. The number of para-hydroxylation sites is 3. The third-order valence-electron chi connectivity index (χ3n) is 3.21. The molecular formula is C17H15F2N5O. The van der Waals surface area contributed by atoms with Crippen LogP contribution in [0.3, 0.4) is 0 Å². The minimum Gasteiger partial charge on any atom is -0.492 e. The van der Waals surface area contributed by atoms with Crippen molar-refractivity contribution in [1.82, 2.24) is 15.2 Å². The van der Waals surface area contributed by atoms with E-state index in [1.165, 1.54) is 12.3 Å². The molecule has 2 aromatic carbocycles. The predicted octanol–water partition coefficient (Wildman–Crippen LogP) is 4.04. The molecule has 0 saturated heterocycles. The molecule has 8 heteroatoms.